The van der Waals surface area contributed by atoms with E-state index in [1.807, 2.05) is 6.92 Å². The van der Waals surface area contributed by atoms with E-state index >= 15 is 0 Å². The summed E-state index contributed by atoms with van der Waals surface area (Å²) >= 11 is 0. The zero-order chi connectivity index (χ0) is 14.5. The molecule has 1 aliphatic rings. The molecule has 0 spiro atoms. The fourth-order valence-corrected chi connectivity index (χ4v) is 2.36. The van der Waals surface area contributed by atoms with Crippen LogP contribution in [0.3, 0.4) is 0 Å². The van der Waals surface area contributed by atoms with Gasteiger partial charge in [-0.25, -0.2) is 4.79 Å². The van der Waals surface area contributed by atoms with E-state index in [2.05, 4.69) is 4.98 Å². The van der Waals surface area contributed by atoms with Crippen molar-refractivity contribution in [1.82, 2.24) is 9.88 Å². The molecule has 1 amide bonds. The molecular formula is C14H18N2O4. The van der Waals surface area contributed by atoms with E-state index in [1.165, 1.54) is 18.3 Å². The third kappa shape index (κ3) is 3.14. The van der Waals surface area contributed by atoms with Crippen LogP contribution in [0.5, 0.6) is 0 Å². The molecule has 0 aromatic carbocycles. The van der Waals surface area contributed by atoms with Crippen molar-refractivity contribution < 1.29 is 19.4 Å². The van der Waals surface area contributed by atoms with Crippen LogP contribution in [0.2, 0.25) is 0 Å². The normalized spacial score (nSPS) is 16.1. The van der Waals surface area contributed by atoms with E-state index in [0.29, 0.717) is 19.7 Å². The monoisotopic (exact) mass is 278 g/mol. The van der Waals surface area contributed by atoms with Gasteiger partial charge in [-0.3, -0.25) is 9.78 Å². The zero-order valence-corrected chi connectivity index (χ0v) is 11.4. The Balaban J connectivity index is 2.08. The quantitative estimate of drug-likeness (QED) is 0.901. The highest BCUT2D eigenvalue weighted by Crippen LogP contribution is 2.17. The molecule has 0 bridgehead atoms. The van der Waals surface area contributed by atoms with Crippen LogP contribution in [0, 0.1) is 0 Å². The summed E-state index contributed by atoms with van der Waals surface area (Å²) in [5, 5.41) is 9.09. The van der Waals surface area contributed by atoms with Gasteiger partial charge >= 0.3 is 5.97 Å². The lowest BCUT2D eigenvalue weighted by Gasteiger charge is -2.31. The fraction of sp³-hybridized carbons (Fsp3) is 0.500. The summed E-state index contributed by atoms with van der Waals surface area (Å²) in [5.74, 6) is -1.45. The molecular weight excluding hydrogens is 260 g/mol. The maximum Gasteiger partial charge on any atom is 0.338 e. The molecule has 108 valence electrons. The SMILES string of the molecule is CCOC1CCN(C(=O)c2ncccc2C(=O)O)CC1. The van der Waals surface area contributed by atoms with Gasteiger partial charge < -0.3 is 14.7 Å². The Bertz CT molecular complexity index is 496. The zero-order valence-electron chi connectivity index (χ0n) is 11.4. The number of piperidine rings is 1. The minimum atomic E-state index is -1.13. The Labute approximate surface area is 117 Å². The number of carboxylic acid groups (broad SMARTS) is 1. The molecule has 2 heterocycles. The Morgan fingerprint density at radius 3 is 2.75 bits per heavy atom. The molecule has 0 unspecified atom stereocenters. The molecule has 1 aliphatic heterocycles. The number of carboxylic acids is 1. The summed E-state index contributed by atoms with van der Waals surface area (Å²) < 4.78 is 5.53. The van der Waals surface area contributed by atoms with E-state index in [-0.39, 0.29) is 23.3 Å². The highest BCUT2D eigenvalue weighted by molar-refractivity contribution is 6.03. The maximum absolute atomic E-state index is 12.3. The van der Waals surface area contributed by atoms with E-state index < -0.39 is 5.97 Å². The molecule has 0 atom stereocenters. The third-order valence-electron chi connectivity index (χ3n) is 3.37. The molecule has 0 radical (unpaired) electrons. The van der Waals surface area contributed by atoms with Gasteiger partial charge in [-0.1, -0.05) is 0 Å². The van der Waals surface area contributed by atoms with E-state index in [1.54, 1.807) is 4.90 Å². The lowest BCUT2D eigenvalue weighted by molar-refractivity contribution is 0.0143. The second kappa shape index (κ2) is 6.47. The highest BCUT2D eigenvalue weighted by Gasteiger charge is 2.27. The first-order chi connectivity index (χ1) is 9.63. The van der Waals surface area contributed by atoms with Crippen molar-refractivity contribution in [3.63, 3.8) is 0 Å². The standard InChI is InChI=1S/C14H18N2O4/c1-2-20-10-5-8-16(9-6-10)13(17)12-11(14(18)19)4-3-7-15-12/h3-4,7,10H,2,5-6,8-9H2,1H3,(H,18,19). The second-order valence-electron chi connectivity index (χ2n) is 4.65. The number of hydrogen-bond acceptors (Lipinski definition) is 4. The van der Waals surface area contributed by atoms with Crippen molar-refractivity contribution in [1.29, 1.82) is 0 Å². The molecule has 1 N–H and O–H groups in total. The first kappa shape index (κ1) is 14.5. The van der Waals surface area contributed by atoms with Gasteiger partial charge in [0.1, 0.15) is 5.69 Å². The van der Waals surface area contributed by atoms with Gasteiger partial charge in [0.2, 0.25) is 0 Å². The number of amides is 1. The number of aromatic nitrogens is 1. The molecule has 1 saturated heterocycles. The van der Waals surface area contributed by atoms with Crippen molar-refractivity contribution in [2.75, 3.05) is 19.7 Å². The smallest absolute Gasteiger partial charge is 0.338 e. The van der Waals surface area contributed by atoms with Crippen LogP contribution in [-0.2, 0) is 4.74 Å². The molecule has 2 rings (SSSR count). The molecule has 6 heteroatoms. The summed E-state index contributed by atoms with van der Waals surface area (Å²) in [7, 11) is 0. The summed E-state index contributed by atoms with van der Waals surface area (Å²) in [6.07, 6.45) is 3.17. The molecule has 20 heavy (non-hydrogen) atoms. The number of carbonyl (C=O) groups excluding carboxylic acids is 1. The molecule has 6 nitrogen and oxygen atoms in total. The number of pyridine rings is 1. The number of hydrogen-bond donors (Lipinski definition) is 1. The Morgan fingerprint density at radius 1 is 1.45 bits per heavy atom. The van der Waals surface area contributed by atoms with Crippen LogP contribution >= 0.6 is 0 Å². The lowest BCUT2D eigenvalue weighted by Crippen LogP contribution is -2.41. The van der Waals surface area contributed by atoms with Gasteiger partial charge in [-0.15, -0.1) is 0 Å². The number of nitrogens with zero attached hydrogens (tertiary/aromatic N) is 2. The molecule has 0 aliphatic carbocycles. The van der Waals surface area contributed by atoms with E-state index in [9.17, 15) is 9.59 Å². The van der Waals surface area contributed by atoms with Crippen LogP contribution < -0.4 is 0 Å². The molecule has 1 aromatic heterocycles. The topological polar surface area (TPSA) is 79.7 Å². The molecule has 0 saturated carbocycles. The van der Waals surface area contributed by atoms with E-state index in [4.69, 9.17) is 9.84 Å². The van der Waals surface area contributed by atoms with Crippen molar-refractivity contribution in [3.05, 3.63) is 29.6 Å². The minimum Gasteiger partial charge on any atom is -0.478 e. The van der Waals surface area contributed by atoms with Crippen LogP contribution in [0.1, 0.15) is 40.6 Å². The summed E-state index contributed by atoms with van der Waals surface area (Å²) in [6.45, 7) is 3.75. The summed E-state index contributed by atoms with van der Waals surface area (Å²) in [4.78, 5) is 29.0. The van der Waals surface area contributed by atoms with Crippen LogP contribution in [0.4, 0.5) is 0 Å². The van der Waals surface area contributed by atoms with Crippen molar-refractivity contribution in [2.45, 2.75) is 25.9 Å². The highest BCUT2D eigenvalue weighted by atomic mass is 16.5. The first-order valence-corrected chi connectivity index (χ1v) is 6.72. The number of likely N-dealkylation sites (tertiary alicyclic amines) is 1. The first-order valence-electron chi connectivity index (χ1n) is 6.72. The third-order valence-corrected chi connectivity index (χ3v) is 3.37. The average molecular weight is 278 g/mol. The van der Waals surface area contributed by atoms with Crippen molar-refractivity contribution >= 4 is 11.9 Å². The van der Waals surface area contributed by atoms with Crippen LogP contribution in [0.25, 0.3) is 0 Å². The van der Waals surface area contributed by atoms with Gasteiger partial charge in [0.25, 0.3) is 5.91 Å². The predicted octanol–water partition coefficient (Wildman–Crippen LogP) is 1.42. The fourth-order valence-electron chi connectivity index (χ4n) is 2.36. The average Bonchev–Trinajstić information content (AvgIpc) is 2.47. The number of aromatic carboxylic acids is 1. The molecule has 1 aromatic rings. The van der Waals surface area contributed by atoms with Gasteiger partial charge in [-0.05, 0) is 31.9 Å². The lowest BCUT2D eigenvalue weighted by atomic mass is 10.1. The minimum absolute atomic E-state index is 0.00913. The van der Waals surface area contributed by atoms with Crippen LogP contribution in [0.15, 0.2) is 18.3 Å². The van der Waals surface area contributed by atoms with Gasteiger partial charge in [0.15, 0.2) is 0 Å². The van der Waals surface area contributed by atoms with Gasteiger partial charge in [0, 0.05) is 25.9 Å². The van der Waals surface area contributed by atoms with E-state index in [0.717, 1.165) is 12.8 Å². The summed E-state index contributed by atoms with van der Waals surface area (Å²) in [6, 6.07) is 2.91. The Morgan fingerprint density at radius 2 is 2.15 bits per heavy atom. The second-order valence-corrected chi connectivity index (χ2v) is 4.65. The number of ether oxygens (including phenoxy) is 1. The number of carbonyl (C=O) groups is 2. The van der Waals surface area contributed by atoms with Crippen LogP contribution in [-0.4, -0.2) is 52.7 Å². The molecule has 1 fully saturated rings. The van der Waals surface area contributed by atoms with Crippen molar-refractivity contribution in [2.24, 2.45) is 0 Å². The Hall–Kier alpha value is -1.95. The number of rotatable bonds is 4. The van der Waals surface area contributed by atoms with Crippen molar-refractivity contribution in [3.8, 4) is 0 Å². The maximum atomic E-state index is 12.3. The van der Waals surface area contributed by atoms with Gasteiger partial charge in [-0.2, -0.15) is 0 Å². The predicted molar refractivity (Wildman–Crippen MR) is 71.7 cm³/mol. The van der Waals surface area contributed by atoms with Gasteiger partial charge in [0.05, 0.1) is 11.7 Å². The summed E-state index contributed by atoms with van der Waals surface area (Å²) in [5.41, 5.74) is -0.0423. The Kier molecular flexibility index (Phi) is 4.68. The largest absolute Gasteiger partial charge is 0.478 e.